The number of halogens is 3. The van der Waals surface area contributed by atoms with Gasteiger partial charge in [-0.3, -0.25) is 0 Å². The van der Waals surface area contributed by atoms with Crippen molar-refractivity contribution < 1.29 is 23.0 Å². The first-order valence-corrected chi connectivity index (χ1v) is 14.1. The van der Waals surface area contributed by atoms with Crippen molar-refractivity contribution in [1.29, 1.82) is 0 Å². The molecule has 2 aromatic heterocycles. The molecule has 214 valence electrons. The molecule has 1 N–H and O–H groups in total. The van der Waals surface area contributed by atoms with Crippen molar-refractivity contribution in [3.8, 4) is 16.9 Å². The van der Waals surface area contributed by atoms with Gasteiger partial charge in [0.05, 0.1) is 17.7 Å². The lowest BCUT2D eigenvalue weighted by atomic mass is 9.80. The Morgan fingerprint density at radius 3 is 2.45 bits per heavy atom. The van der Waals surface area contributed by atoms with E-state index in [1.807, 2.05) is 27.7 Å². The number of carbonyl (C=O) groups is 1. The van der Waals surface area contributed by atoms with Gasteiger partial charge in [0.15, 0.2) is 0 Å². The molecule has 1 aromatic carbocycles. The van der Waals surface area contributed by atoms with E-state index in [2.05, 4.69) is 20.4 Å². The number of benzene rings is 1. The van der Waals surface area contributed by atoms with Crippen molar-refractivity contribution in [2.45, 2.75) is 58.6 Å². The van der Waals surface area contributed by atoms with E-state index in [0.717, 1.165) is 19.3 Å². The van der Waals surface area contributed by atoms with Crippen LogP contribution in [-0.4, -0.2) is 61.9 Å². The van der Waals surface area contributed by atoms with Gasteiger partial charge >= 0.3 is 6.09 Å². The zero-order chi connectivity index (χ0) is 28.3. The van der Waals surface area contributed by atoms with E-state index in [9.17, 15) is 4.79 Å². The summed E-state index contributed by atoms with van der Waals surface area (Å²) in [7, 11) is 0. The van der Waals surface area contributed by atoms with E-state index in [4.69, 9.17) is 21.1 Å². The summed E-state index contributed by atoms with van der Waals surface area (Å²) in [5.74, 6) is 0.310. The Morgan fingerprint density at radius 2 is 1.85 bits per heavy atom. The van der Waals surface area contributed by atoms with Crippen LogP contribution < -0.4 is 10.1 Å². The Hall–Kier alpha value is -3.21. The predicted molar refractivity (Wildman–Crippen MR) is 145 cm³/mol. The maximum Gasteiger partial charge on any atom is 0.410 e. The summed E-state index contributed by atoms with van der Waals surface area (Å²) in [6, 6.07) is 2.38. The summed E-state index contributed by atoms with van der Waals surface area (Å²) < 4.78 is 43.8. The van der Waals surface area contributed by atoms with Crippen LogP contribution in [0.5, 0.6) is 5.75 Å². The summed E-state index contributed by atoms with van der Waals surface area (Å²) in [6.07, 6.45) is 4.34. The smallest absolute Gasteiger partial charge is 0.410 e. The maximum atomic E-state index is 15.6. The van der Waals surface area contributed by atoms with Crippen LogP contribution in [0.3, 0.4) is 0 Å². The van der Waals surface area contributed by atoms with E-state index < -0.39 is 17.2 Å². The third-order valence-electron chi connectivity index (χ3n) is 8.34. The largest absolute Gasteiger partial charge is 0.493 e. The molecule has 3 heterocycles. The van der Waals surface area contributed by atoms with Crippen LogP contribution in [0.15, 0.2) is 18.5 Å². The molecular weight excluding hydrogens is 542 g/mol. The number of rotatable bonds is 7. The highest BCUT2D eigenvalue weighted by Gasteiger charge is 2.57. The van der Waals surface area contributed by atoms with Crippen LogP contribution in [0.2, 0.25) is 5.15 Å². The fraction of sp³-hybridized carbons (Fsp3) is 0.571. The van der Waals surface area contributed by atoms with Gasteiger partial charge in [-0.1, -0.05) is 18.0 Å². The zero-order valence-corrected chi connectivity index (χ0v) is 23.7. The quantitative estimate of drug-likeness (QED) is 0.356. The van der Waals surface area contributed by atoms with E-state index >= 15 is 8.78 Å². The Bertz CT molecular complexity index is 1420. The van der Waals surface area contributed by atoms with E-state index in [1.54, 1.807) is 4.90 Å². The number of hydrogen-bond acceptors (Lipinski definition) is 7. The lowest BCUT2D eigenvalue weighted by molar-refractivity contribution is 0.0260. The lowest BCUT2D eigenvalue weighted by Crippen LogP contribution is -2.37. The molecule has 1 amide bonds. The van der Waals surface area contributed by atoms with Gasteiger partial charge in [0, 0.05) is 37.2 Å². The highest BCUT2D eigenvalue weighted by Crippen LogP contribution is 2.52. The number of piperidine rings is 1. The normalized spacial score (nSPS) is 23.1. The fourth-order valence-electron chi connectivity index (χ4n) is 5.88. The molecule has 2 saturated carbocycles. The molecule has 6 rings (SSSR count). The predicted octanol–water partition coefficient (Wildman–Crippen LogP) is 5.82. The number of ether oxygens (including phenoxy) is 2. The van der Waals surface area contributed by atoms with Crippen LogP contribution >= 0.6 is 11.6 Å². The monoisotopic (exact) mass is 574 g/mol. The average Bonchev–Trinajstić information content (AvgIpc) is 3.15. The highest BCUT2D eigenvalue weighted by molar-refractivity contribution is 6.33. The summed E-state index contributed by atoms with van der Waals surface area (Å²) in [5, 5.41) is 7.52. The molecule has 1 aliphatic heterocycles. The molecule has 40 heavy (non-hydrogen) atoms. The summed E-state index contributed by atoms with van der Waals surface area (Å²) >= 11 is 6.50. The number of nitrogens with zero attached hydrogens (tertiary/aromatic N) is 5. The number of likely N-dealkylation sites (tertiary alicyclic amines) is 1. The molecule has 0 radical (unpaired) electrons. The SMILES string of the molecule is C[C@@H](Nc1c(-c2c(F)cc(OCC3C4CN(C(=O)OC(C)(C)C)CC34)cc2F)c(Cl)nc2ncnn12)C1CCC1. The van der Waals surface area contributed by atoms with Gasteiger partial charge in [0.25, 0.3) is 5.78 Å². The number of amides is 1. The second-order valence-corrected chi connectivity index (χ2v) is 12.5. The molecular formula is C28H33ClF2N6O3. The van der Waals surface area contributed by atoms with Crippen molar-refractivity contribution in [3.05, 3.63) is 35.2 Å². The van der Waals surface area contributed by atoms with Gasteiger partial charge in [-0.25, -0.2) is 13.6 Å². The molecule has 9 nitrogen and oxygen atoms in total. The topological polar surface area (TPSA) is 93.9 Å². The van der Waals surface area contributed by atoms with Gasteiger partial charge < -0.3 is 19.7 Å². The van der Waals surface area contributed by atoms with E-state index in [0.29, 0.717) is 43.3 Å². The summed E-state index contributed by atoms with van der Waals surface area (Å²) in [6.45, 7) is 9.06. The second-order valence-electron chi connectivity index (χ2n) is 12.2. The molecule has 0 bridgehead atoms. The van der Waals surface area contributed by atoms with Gasteiger partial charge in [-0.05, 0) is 58.3 Å². The third-order valence-corrected chi connectivity index (χ3v) is 8.61. The first-order chi connectivity index (χ1) is 19.0. The molecule has 3 atom stereocenters. The fourth-order valence-corrected chi connectivity index (χ4v) is 6.14. The van der Waals surface area contributed by atoms with Gasteiger partial charge in [-0.15, -0.1) is 0 Å². The highest BCUT2D eigenvalue weighted by atomic mass is 35.5. The molecule has 12 heteroatoms. The van der Waals surface area contributed by atoms with Crippen LogP contribution in [0.4, 0.5) is 19.4 Å². The first kappa shape index (κ1) is 27.0. The average molecular weight is 575 g/mol. The van der Waals surface area contributed by atoms with Crippen molar-refractivity contribution in [1.82, 2.24) is 24.5 Å². The molecule has 3 aromatic rings. The Morgan fingerprint density at radius 1 is 1.18 bits per heavy atom. The number of nitrogens with one attached hydrogen (secondary N) is 1. The Labute approximate surface area is 236 Å². The minimum absolute atomic E-state index is 0.0383. The van der Waals surface area contributed by atoms with Gasteiger partial charge in [0.2, 0.25) is 0 Å². The molecule has 3 aliphatic rings. The first-order valence-electron chi connectivity index (χ1n) is 13.8. The molecule has 1 saturated heterocycles. The van der Waals surface area contributed by atoms with Crippen molar-refractivity contribution in [3.63, 3.8) is 0 Å². The zero-order valence-electron chi connectivity index (χ0n) is 23.0. The number of carbonyl (C=O) groups excluding carboxylic acids is 1. The van der Waals surface area contributed by atoms with Crippen LogP contribution in [0, 0.1) is 35.3 Å². The number of anilines is 1. The van der Waals surface area contributed by atoms with E-state index in [1.165, 1.54) is 23.0 Å². The molecule has 3 fully saturated rings. The van der Waals surface area contributed by atoms with Crippen molar-refractivity contribution >= 4 is 29.3 Å². The van der Waals surface area contributed by atoms with Gasteiger partial charge in [-0.2, -0.15) is 19.6 Å². The van der Waals surface area contributed by atoms with Crippen molar-refractivity contribution in [2.75, 3.05) is 25.0 Å². The summed E-state index contributed by atoms with van der Waals surface area (Å²) in [5.41, 5.74) is -0.757. The summed E-state index contributed by atoms with van der Waals surface area (Å²) in [4.78, 5) is 22.3. The van der Waals surface area contributed by atoms with Crippen molar-refractivity contribution in [2.24, 2.45) is 23.7 Å². The third kappa shape index (κ3) is 5.04. The van der Waals surface area contributed by atoms with Crippen LogP contribution in [-0.2, 0) is 4.74 Å². The van der Waals surface area contributed by atoms with Crippen LogP contribution in [0.25, 0.3) is 16.9 Å². The lowest BCUT2D eigenvalue weighted by Gasteiger charge is -2.33. The number of aromatic nitrogens is 4. The van der Waals surface area contributed by atoms with E-state index in [-0.39, 0.29) is 45.9 Å². The molecule has 2 aliphatic carbocycles. The molecule has 2 unspecified atom stereocenters. The maximum absolute atomic E-state index is 15.6. The second kappa shape index (κ2) is 10.0. The minimum Gasteiger partial charge on any atom is -0.493 e. The molecule has 0 spiro atoms. The minimum atomic E-state index is -0.815. The van der Waals surface area contributed by atoms with Gasteiger partial charge in [0.1, 0.15) is 40.3 Å². The number of fused-ring (bicyclic) bond motifs is 2. The Kier molecular flexibility index (Phi) is 6.75. The number of hydrogen-bond donors (Lipinski definition) is 1. The van der Waals surface area contributed by atoms with Crippen LogP contribution in [0.1, 0.15) is 47.0 Å². The Balaban J connectivity index is 1.18. The standard InChI is InChI=1S/C28H33ClF2N6O3/c1-14(15-6-5-7-15)34-25-23(24(29)35-26-32-13-33-37(25)26)22-20(30)8-16(9-21(22)31)39-12-19-17-10-36(11-18(17)19)27(38)40-28(2,3)4/h8-9,13-15,17-19,34H,5-7,10-12H2,1-4H3/t14-,17?,18?,19?/m1/s1.